The molecule has 1 fully saturated rings. The second kappa shape index (κ2) is 5.19. The first kappa shape index (κ1) is 10.5. The van der Waals surface area contributed by atoms with E-state index in [0.717, 1.165) is 25.9 Å². The van der Waals surface area contributed by atoms with Crippen LogP contribution in [0, 0.1) is 5.92 Å². The molecular formula is C9H18N2O2. The van der Waals surface area contributed by atoms with Crippen molar-refractivity contribution in [2.24, 2.45) is 5.92 Å². The highest BCUT2D eigenvalue weighted by Crippen LogP contribution is 2.05. The van der Waals surface area contributed by atoms with E-state index in [1.165, 1.54) is 0 Å². The number of carbonyl (C=O) groups is 1. The van der Waals surface area contributed by atoms with E-state index in [9.17, 15) is 4.79 Å². The zero-order valence-corrected chi connectivity index (χ0v) is 8.30. The Morgan fingerprint density at radius 2 is 2.08 bits per heavy atom. The van der Waals surface area contributed by atoms with E-state index in [4.69, 9.17) is 4.84 Å². The van der Waals surface area contributed by atoms with Gasteiger partial charge in [0.2, 0.25) is 5.91 Å². The molecule has 1 saturated heterocycles. The number of hydrogen-bond acceptors (Lipinski definition) is 3. The van der Waals surface area contributed by atoms with Gasteiger partial charge in [0, 0.05) is 5.92 Å². The van der Waals surface area contributed by atoms with E-state index in [-0.39, 0.29) is 17.9 Å². The van der Waals surface area contributed by atoms with Crippen molar-refractivity contribution in [1.82, 2.24) is 10.8 Å². The molecule has 1 rings (SSSR count). The number of piperidine rings is 1. The van der Waals surface area contributed by atoms with E-state index >= 15 is 0 Å². The Hall–Kier alpha value is -0.610. The van der Waals surface area contributed by atoms with Crippen LogP contribution in [0.5, 0.6) is 0 Å². The summed E-state index contributed by atoms with van der Waals surface area (Å²) in [7, 11) is 0. The third kappa shape index (κ3) is 3.74. The summed E-state index contributed by atoms with van der Waals surface area (Å²) in [5.74, 6) is -0.0553. The standard InChI is InChI=1S/C9H18N2O2/c1-7(2)9(12)11-13-8-3-5-10-6-4-8/h7-8,10H,3-6H2,1-2H3,(H,11,12). The molecule has 4 nitrogen and oxygen atoms in total. The van der Waals surface area contributed by atoms with Crippen molar-refractivity contribution in [2.75, 3.05) is 13.1 Å². The van der Waals surface area contributed by atoms with Gasteiger partial charge in [0.1, 0.15) is 0 Å². The normalized spacial score (nSPS) is 19.0. The van der Waals surface area contributed by atoms with E-state index in [1.54, 1.807) is 0 Å². The van der Waals surface area contributed by atoms with Crippen LogP contribution in [0.3, 0.4) is 0 Å². The van der Waals surface area contributed by atoms with Crippen LogP contribution in [0.15, 0.2) is 0 Å². The number of hydrogen-bond donors (Lipinski definition) is 2. The Morgan fingerprint density at radius 3 is 2.62 bits per heavy atom. The Labute approximate surface area is 79.0 Å². The average molecular weight is 186 g/mol. The highest BCUT2D eigenvalue weighted by molar-refractivity contribution is 5.76. The quantitative estimate of drug-likeness (QED) is 0.629. The van der Waals surface area contributed by atoms with Crippen molar-refractivity contribution in [1.29, 1.82) is 0 Å². The van der Waals surface area contributed by atoms with Gasteiger partial charge < -0.3 is 5.32 Å². The van der Waals surface area contributed by atoms with Crippen molar-refractivity contribution in [2.45, 2.75) is 32.8 Å². The maximum atomic E-state index is 11.1. The van der Waals surface area contributed by atoms with Crippen LogP contribution in [-0.2, 0) is 9.63 Å². The molecule has 4 heteroatoms. The molecule has 0 aromatic rings. The summed E-state index contributed by atoms with van der Waals surface area (Å²) in [6.07, 6.45) is 2.13. The molecule has 1 amide bonds. The van der Waals surface area contributed by atoms with Gasteiger partial charge in [-0.25, -0.2) is 5.48 Å². The molecule has 0 radical (unpaired) electrons. The monoisotopic (exact) mass is 186 g/mol. The Bertz CT molecular complexity index is 165. The second-order valence-electron chi connectivity index (χ2n) is 3.69. The van der Waals surface area contributed by atoms with E-state index in [1.807, 2.05) is 13.8 Å². The summed E-state index contributed by atoms with van der Waals surface area (Å²) in [4.78, 5) is 16.4. The maximum Gasteiger partial charge on any atom is 0.246 e. The Morgan fingerprint density at radius 1 is 1.46 bits per heavy atom. The van der Waals surface area contributed by atoms with Gasteiger partial charge in [-0.1, -0.05) is 13.8 Å². The van der Waals surface area contributed by atoms with Gasteiger partial charge in [-0.3, -0.25) is 9.63 Å². The summed E-state index contributed by atoms with van der Waals surface area (Å²) in [5.41, 5.74) is 2.49. The van der Waals surface area contributed by atoms with Crippen molar-refractivity contribution in [3.05, 3.63) is 0 Å². The molecule has 13 heavy (non-hydrogen) atoms. The largest absolute Gasteiger partial charge is 0.317 e. The molecule has 1 heterocycles. The maximum absolute atomic E-state index is 11.1. The van der Waals surface area contributed by atoms with Crippen molar-refractivity contribution < 1.29 is 9.63 Å². The first-order valence-electron chi connectivity index (χ1n) is 4.86. The van der Waals surface area contributed by atoms with Crippen LogP contribution in [0.2, 0.25) is 0 Å². The van der Waals surface area contributed by atoms with E-state index in [0.29, 0.717) is 0 Å². The fourth-order valence-electron chi connectivity index (χ4n) is 1.17. The van der Waals surface area contributed by atoms with E-state index < -0.39 is 0 Å². The van der Waals surface area contributed by atoms with E-state index in [2.05, 4.69) is 10.8 Å². The molecule has 76 valence electrons. The minimum absolute atomic E-state index is 0.0123. The molecule has 0 aromatic carbocycles. The van der Waals surface area contributed by atoms with Gasteiger partial charge >= 0.3 is 0 Å². The second-order valence-corrected chi connectivity index (χ2v) is 3.69. The third-order valence-electron chi connectivity index (χ3n) is 2.14. The van der Waals surface area contributed by atoms with Gasteiger partial charge in [0.25, 0.3) is 0 Å². The molecule has 0 bridgehead atoms. The topological polar surface area (TPSA) is 50.4 Å². The zero-order chi connectivity index (χ0) is 9.68. The number of rotatable bonds is 3. The number of hydroxylamine groups is 1. The van der Waals surface area contributed by atoms with Crippen molar-refractivity contribution in [3.8, 4) is 0 Å². The average Bonchev–Trinajstić information content (AvgIpc) is 2.15. The summed E-state index contributed by atoms with van der Waals surface area (Å²) in [6.45, 7) is 5.65. The van der Waals surface area contributed by atoms with Crippen molar-refractivity contribution >= 4 is 5.91 Å². The zero-order valence-electron chi connectivity index (χ0n) is 8.30. The number of carbonyl (C=O) groups excluding carboxylic acids is 1. The molecular weight excluding hydrogens is 168 g/mol. The number of amides is 1. The van der Waals surface area contributed by atoms with Crippen LogP contribution in [0.25, 0.3) is 0 Å². The fourth-order valence-corrected chi connectivity index (χ4v) is 1.17. The minimum Gasteiger partial charge on any atom is -0.317 e. The van der Waals surface area contributed by atoms with Crippen LogP contribution in [0.4, 0.5) is 0 Å². The first-order valence-corrected chi connectivity index (χ1v) is 4.86. The summed E-state index contributed by atoms with van der Waals surface area (Å²) in [6, 6.07) is 0. The lowest BCUT2D eigenvalue weighted by Crippen LogP contribution is -2.38. The minimum atomic E-state index is -0.0430. The molecule has 0 unspecified atom stereocenters. The molecule has 2 N–H and O–H groups in total. The van der Waals surface area contributed by atoms with Crippen LogP contribution in [-0.4, -0.2) is 25.1 Å². The predicted octanol–water partition coefficient (Wildman–Crippen LogP) is 0.442. The Kier molecular flexibility index (Phi) is 4.18. The van der Waals surface area contributed by atoms with Crippen molar-refractivity contribution in [3.63, 3.8) is 0 Å². The number of nitrogens with one attached hydrogen (secondary N) is 2. The molecule has 0 aromatic heterocycles. The van der Waals surface area contributed by atoms with Gasteiger partial charge in [-0.15, -0.1) is 0 Å². The Balaban J connectivity index is 2.13. The lowest BCUT2D eigenvalue weighted by molar-refractivity contribution is -0.142. The summed E-state index contributed by atoms with van der Waals surface area (Å²) < 4.78 is 0. The lowest BCUT2D eigenvalue weighted by atomic mass is 10.1. The van der Waals surface area contributed by atoms with Gasteiger partial charge in [-0.2, -0.15) is 0 Å². The summed E-state index contributed by atoms with van der Waals surface area (Å²) in [5, 5.41) is 3.23. The molecule has 0 spiro atoms. The molecule has 0 atom stereocenters. The highest BCUT2D eigenvalue weighted by atomic mass is 16.7. The van der Waals surface area contributed by atoms with Gasteiger partial charge in [0.15, 0.2) is 0 Å². The highest BCUT2D eigenvalue weighted by Gasteiger charge is 2.15. The first-order chi connectivity index (χ1) is 6.20. The third-order valence-corrected chi connectivity index (χ3v) is 2.14. The summed E-state index contributed by atoms with van der Waals surface area (Å²) >= 11 is 0. The van der Waals surface area contributed by atoms with Crippen LogP contribution >= 0.6 is 0 Å². The molecule has 0 aliphatic carbocycles. The molecule has 1 aliphatic rings. The van der Waals surface area contributed by atoms with Gasteiger partial charge in [0.05, 0.1) is 6.10 Å². The van der Waals surface area contributed by atoms with Crippen LogP contribution < -0.4 is 10.8 Å². The SMILES string of the molecule is CC(C)C(=O)NOC1CCNCC1. The smallest absolute Gasteiger partial charge is 0.246 e. The van der Waals surface area contributed by atoms with Crippen LogP contribution in [0.1, 0.15) is 26.7 Å². The molecule has 1 aliphatic heterocycles. The predicted molar refractivity (Wildman–Crippen MR) is 50.0 cm³/mol. The fraction of sp³-hybridized carbons (Fsp3) is 0.889. The molecule has 0 saturated carbocycles. The lowest BCUT2D eigenvalue weighted by Gasteiger charge is -2.22. The van der Waals surface area contributed by atoms with Gasteiger partial charge in [-0.05, 0) is 25.9 Å².